The van der Waals surface area contributed by atoms with Crippen LogP contribution in [-0.2, 0) is 4.79 Å². The first-order chi connectivity index (χ1) is 4.33. The predicted molar refractivity (Wildman–Crippen MR) is 41.4 cm³/mol. The summed E-state index contributed by atoms with van der Waals surface area (Å²) in [6.45, 7) is 1.90. The first-order valence-electron chi connectivity index (χ1n) is 3.58. The molecule has 1 spiro atoms. The van der Waals surface area contributed by atoms with Gasteiger partial charge in [0.05, 0.1) is 5.41 Å². The van der Waals surface area contributed by atoms with Crippen molar-refractivity contribution in [2.75, 3.05) is 13.1 Å². The Morgan fingerprint density at radius 2 is 2.10 bits per heavy atom. The quantitative estimate of drug-likeness (QED) is 0.568. The van der Waals surface area contributed by atoms with Gasteiger partial charge in [-0.1, -0.05) is 0 Å². The van der Waals surface area contributed by atoms with E-state index in [-0.39, 0.29) is 17.8 Å². The molecule has 1 saturated carbocycles. The Balaban J connectivity index is 0.000000500. The second-order valence-corrected chi connectivity index (χ2v) is 3.16. The lowest BCUT2D eigenvalue weighted by atomic mass is 9.79. The van der Waals surface area contributed by atoms with Gasteiger partial charge in [0, 0.05) is 19.5 Å². The van der Waals surface area contributed by atoms with Crippen molar-refractivity contribution in [1.82, 2.24) is 5.32 Å². The Morgan fingerprint density at radius 1 is 1.40 bits per heavy atom. The molecule has 0 atom stereocenters. The molecule has 2 fully saturated rings. The van der Waals surface area contributed by atoms with Crippen LogP contribution in [0.25, 0.3) is 0 Å². The summed E-state index contributed by atoms with van der Waals surface area (Å²) in [5.41, 5.74) is 0.125. The molecule has 1 N–H and O–H groups in total. The maximum Gasteiger partial charge on any atom is 0.141 e. The molecule has 2 nitrogen and oxygen atoms in total. The number of rotatable bonds is 0. The highest BCUT2D eigenvalue weighted by molar-refractivity contribution is 5.88. The third-order valence-corrected chi connectivity index (χ3v) is 2.58. The van der Waals surface area contributed by atoms with Gasteiger partial charge in [0.15, 0.2) is 0 Å². The van der Waals surface area contributed by atoms with Crippen LogP contribution in [-0.4, -0.2) is 18.9 Å². The number of halogens is 1. The number of Topliss-reactive ketones (excluding diaryl/α,β-unsaturated/α-hetero) is 1. The molecule has 1 aliphatic carbocycles. The summed E-state index contributed by atoms with van der Waals surface area (Å²) in [5, 5.41) is 3.15. The Labute approximate surface area is 66.8 Å². The van der Waals surface area contributed by atoms with Crippen LogP contribution < -0.4 is 5.32 Å². The standard InChI is InChI=1S/C7H11NO.ClH/c9-6-2-1-3-7(6)4-8-5-7;/h8H,1-5H2;1H. The van der Waals surface area contributed by atoms with Crippen molar-refractivity contribution in [3.8, 4) is 0 Å². The zero-order valence-electron chi connectivity index (χ0n) is 5.85. The molecule has 10 heavy (non-hydrogen) atoms. The van der Waals surface area contributed by atoms with Crippen molar-refractivity contribution in [2.24, 2.45) is 5.41 Å². The van der Waals surface area contributed by atoms with Crippen molar-refractivity contribution < 1.29 is 4.79 Å². The molecule has 0 bridgehead atoms. The lowest BCUT2D eigenvalue weighted by Crippen LogP contribution is -2.55. The highest BCUT2D eigenvalue weighted by atomic mass is 35.5. The third-order valence-electron chi connectivity index (χ3n) is 2.58. The number of hydrogen-bond donors (Lipinski definition) is 1. The average Bonchev–Trinajstić information content (AvgIpc) is 2.07. The van der Waals surface area contributed by atoms with E-state index in [4.69, 9.17) is 0 Å². The summed E-state index contributed by atoms with van der Waals surface area (Å²) in [4.78, 5) is 11.1. The van der Waals surface area contributed by atoms with E-state index in [2.05, 4.69) is 5.32 Å². The average molecular weight is 162 g/mol. The van der Waals surface area contributed by atoms with Gasteiger partial charge in [-0.25, -0.2) is 0 Å². The normalized spacial score (nSPS) is 27.8. The molecule has 0 radical (unpaired) electrons. The van der Waals surface area contributed by atoms with E-state index in [0.29, 0.717) is 5.78 Å². The van der Waals surface area contributed by atoms with Gasteiger partial charge in [0.25, 0.3) is 0 Å². The van der Waals surface area contributed by atoms with Crippen molar-refractivity contribution in [1.29, 1.82) is 0 Å². The molecule has 2 rings (SSSR count). The molecule has 0 aromatic carbocycles. The molecule has 0 aromatic heterocycles. The Bertz CT molecular complexity index is 154. The monoisotopic (exact) mass is 161 g/mol. The first kappa shape index (κ1) is 8.02. The maximum atomic E-state index is 11.1. The van der Waals surface area contributed by atoms with Crippen molar-refractivity contribution in [2.45, 2.75) is 19.3 Å². The molecule has 1 aliphatic heterocycles. The highest BCUT2D eigenvalue weighted by Gasteiger charge is 2.46. The molecule has 2 aliphatic rings. The van der Waals surface area contributed by atoms with Gasteiger partial charge >= 0.3 is 0 Å². The van der Waals surface area contributed by atoms with Gasteiger partial charge < -0.3 is 5.32 Å². The van der Waals surface area contributed by atoms with Crippen LogP contribution in [0.2, 0.25) is 0 Å². The summed E-state index contributed by atoms with van der Waals surface area (Å²) in [6, 6.07) is 0. The lowest BCUT2D eigenvalue weighted by molar-refractivity contribution is -0.128. The summed E-state index contributed by atoms with van der Waals surface area (Å²) in [7, 11) is 0. The molecular weight excluding hydrogens is 150 g/mol. The molecule has 1 heterocycles. The number of carbonyl (C=O) groups is 1. The molecule has 58 valence electrons. The topological polar surface area (TPSA) is 29.1 Å². The van der Waals surface area contributed by atoms with Crippen LogP contribution in [0.15, 0.2) is 0 Å². The van der Waals surface area contributed by atoms with Gasteiger partial charge in [0.2, 0.25) is 0 Å². The molecule has 0 amide bonds. The Kier molecular flexibility index (Phi) is 2.02. The van der Waals surface area contributed by atoms with Crippen molar-refractivity contribution in [3.05, 3.63) is 0 Å². The second-order valence-electron chi connectivity index (χ2n) is 3.16. The summed E-state index contributed by atoms with van der Waals surface area (Å²) in [5.74, 6) is 0.501. The maximum absolute atomic E-state index is 11.1. The predicted octanol–water partition coefficient (Wildman–Crippen LogP) is 0.751. The van der Waals surface area contributed by atoms with E-state index >= 15 is 0 Å². The van der Waals surface area contributed by atoms with Crippen molar-refractivity contribution >= 4 is 18.2 Å². The summed E-state index contributed by atoms with van der Waals surface area (Å²) >= 11 is 0. The smallest absolute Gasteiger partial charge is 0.141 e. The summed E-state index contributed by atoms with van der Waals surface area (Å²) < 4.78 is 0. The van der Waals surface area contributed by atoms with Gasteiger partial charge in [-0.2, -0.15) is 0 Å². The third kappa shape index (κ3) is 0.867. The molecular formula is C7H12ClNO. The fourth-order valence-corrected chi connectivity index (χ4v) is 1.79. The molecule has 0 unspecified atom stereocenters. The van der Waals surface area contributed by atoms with Crippen LogP contribution in [0.3, 0.4) is 0 Å². The van der Waals surface area contributed by atoms with Crippen LogP contribution in [0, 0.1) is 5.41 Å². The van der Waals surface area contributed by atoms with Crippen LogP contribution >= 0.6 is 12.4 Å². The van der Waals surface area contributed by atoms with Crippen molar-refractivity contribution in [3.63, 3.8) is 0 Å². The summed E-state index contributed by atoms with van der Waals surface area (Å²) in [6.07, 6.45) is 3.10. The second kappa shape index (κ2) is 2.51. The minimum absolute atomic E-state index is 0. The SMILES string of the molecule is Cl.O=C1CCCC12CNC2. The zero-order chi connectivity index (χ0) is 6.32. The fraction of sp³-hybridized carbons (Fsp3) is 0.857. The van der Waals surface area contributed by atoms with Gasteiger partial charge in [-0.15, -0.1) is 12.4 Å². The van der Waals surface area contributed by atoms with E-state index in [1.807, 2.05) is 0 Å². The largest absolute Gasteiger partial charge is 0.315 e. The van der Waals surface area contributed by atoms with E-state index in [1.54, 1.807) is 0 Å². The lowest BCUT2D eigenvalue weighted by Gasteiger charge is -2.37. The number of hydrogen-bond acceptors (Lipinski definition) is 2. The minimum atomic E-state index is 0. The number of nitrogens with one attached hydrogen (secondary N) is 1. The Hall–Kier alpha value is -0.0800. The molecule has 3 heteroatoms. The molecule has 1 saturated heterocycles. The van der Waals surface area contributed by atoms with Crippen LogP contribution in [0.5, 0.6) is 0 Å². The van der Waals surface area contributed by atoms with E-state index in [9.17, 15) is 4.79 Å². The van der Waals surface area contributed by atoms with Crippen LogP contribution in [0.1, 0.15) is 19.3 Å². The first-order valence-corrected chi connectivity index (χ1v) is 3.58. The Morgan fingerprint density at radius 3 is 2.30 bits per heavy atom. The molecule has 0 aromatic rings. The highest BCUT2D eigenvalue weighted by Crippen LogP contribution is 2.37. The van der Waals surface area contributed by atoms with Crippen LogP contribution in [0.4, 0.5) is 0 Å². The number of ketones is 1. The van der Waals surface area contributed by atoms with E-state index in [0.717, 1.165) is 32.4 Å². The van der Waals surface area contributed by atoms with Gasteiger partial charge in [-0.05, 0) is 12.8 Å². The fourth-order valence-electron chi connectivity index (χ4n) is 1.79. The van der Waals surface area contributed by atoms with E-state index in [1.165, 1.54) is 0 Å². The number of carbonyl (C=O) groups excluding carboxylic acids is 1. The minimum Gasteiger partial charge on any atom is -0.315 e. The zero-order valence-corrected chi connectivity index (χ0v) is 6.67. The van der Waals surface area contributed by atoms with Gasteiger partial charge in [-0.3, -0.25) is 4.79 Å². The van der Waals surface area contributed by atoms with Gasteiger partial charge in [0.1, 0.15) is 5.78 Å². The van der Waals surface area contributed by atoms with E-state index < -0.39 is 0 Å².